The van der Waals surface area contributed by atoms with Crippen LogP contribution in [-0.2, 0) is 19.2 Å². The van der Waals surface area contributed by atoms with Gasteiger partial charge in [-0.05, 0) is 64.2 Å². The van der Waals surface area contributed by atoms with Gasteiger partial charge >= 0.3 is 11.9 Å². The van der Waals surface area contributed by atoms with Crippen LogP contribution in [0.5, 0.6) is 11.5 Å². The summed E-state index contributed by atoms with van der Waals surface area (Å²) < 4.78 is 11.8. The van der Waals surface area contributed by atoms with E-state index in [1.807, 2.05) is 32.6 Å². The molecule has 0 saturated heterocycles. The number of ketones is 2. The first-order valence-corrected chi connectivity index (χ1v) is 14.3. The highest BCUT2D eigenvalue weighted by Crippen LogP contribution is 2.55. The average Bonchev–Trinajstić information content (AvgIpc) is 2.80. The molecule has 0 unspecified atom stereocenters. The van der Waals surface area contributed by atoms with E-state index in [1.54, 1.807) is 19.1 Å². The fourth-order valence-corrected chi connectivity index (χ4v) is 6.72. The summed E-state index contributed by atoms with van der Waals surface area (Å²) in [5.74, 6) is -2.36. The molecule has 0 saturated carbocycles. The highest BCUT2D eigenvalue weighted by molar-refractivity contribution is 9.10. The van der Waals surface area contributed by atoms with E-state index in [9.17, 15) is 24.3 Å². The van der Waals surface area contributed by atoms with Gasteiger partial charge in [-0.15, -0.1) is 0 Å². The van der Waals surface area contributed by atoms with Gasteiger partial charge in [0.15, 0.2) is 29.7 Å². The Labute approximate surface area is 242 Å². The number of rotatable bonds is 9. The molecule has 10 heteroatoms. The minimum Gasteiger partial charge on any atom is -0.490 e. The van der Waals surface area contributed by atoms with Gasteiger partial charge in [0.25, 0.3) is 0 Å². The number of Topliss-reactive ketones (excluding diaryl/α,β-unsaturated/α-hetero) is 2. The van der Waals surface area contributed by atoms with E-state index in [-0.39, 0.29) is 47.7 Å². The number of benzene rings is 1. The first kappa shape index (κ1) is 29.8. The maximum absolute atomic E-state index is 13.9. The summed E-state index contributed by atoms with van der Waals surface area (Å²) in [6.45, 7) is 9.79. The number of aliphatic carboxylic acids is 2. The van der Waals surface area contributed by atoms with Crippen LogP contribution in [0.2, 0.25) is 0 Å². The molecular formula is C30H36BrNO8. The number of allylic oxidation sites excluding steroid dienone is 4. The minimum atomic E-state index is -1.14. The average molecular weight is 619 g/mol. The Bertz CT molecular complexity index is 1290. The molecule has 216 valence electrons. The van der Waals surface area contributed by atoms with E-state index >= 15 is 0 Å². The van der Waals surface area contributed by atoms with Gasteiger partial charge in [0.1, 0.15) is 0 Å². The molecule has 4 rings (SSSR count). The van der Waals surface area contributed by atoms with Crippen molar-refractivity contribution in [3.05, 3.63) is 44.7 Å². The molecule has 0 amide bonds. The van der Waals surface area contributed by atoms with E-state index in [1.165, 1.54) is 0 Å². The summed E-state index contributed by atoms with van der Waals surface area (Å²) in [6.07, 6.45) is 1.61. The molecule has 2 N–H and O–H groups in total. The zero-order valence-corrected chi connectivity index (χ0v) is 25.1. The largest absolute Gasteiger partial charge is 0.490 e. The van der Waals surface area contributed by atoms with Crippen molar-refractivity contribution in [3.63, 3.8) is 0 Å². The molecule has 1 aromatic carbocycles. The molecule has 0 spiro atoms. The molecule has 40 heavy (non-hydrogen) atoms. The molecule has 0 fully saturated rings. The minimum absolute atomic E-state index is 0.0685. The summed E-state index contributed by atoms with van der Waals surface area (Å²) in [4.78, 5) is 52.5. The van der Waals surface area contributed by atoms with Crippen molar-refractivity contribution in [1.29, 1.82) is 0 Å². The second-order valence-electron chi connectivity index (χ2n) is 12.3. The van der Waals surface area contributed by atoms with Crippen LogP contribution in [0, 0.1) is 10.8 Å². The predicted molar refractivity (Wildman–Crippen MR) is 150 cm³/mol. The summed E-state index contributed by atoms with van der Waals surface area (Å²) >= 11 is 3.50. The Morgan fingerprint density at radius 3 is 1.95 bits per heavy atom. The van der Waals surface area contributed by atoms with Crippen molar-refractivity contribution in [3.8, 4) is 11.5 Å². The SMILES string of the molecule is CCOc1cc(C2C3=C(CC(C)(C)CC3=O)N(CCC(=O)O)C3=C2C(=O)CC(C)(C)C3)cc(Br)c1OCC(=O)O. The van der Waals surface area contributed by atoms with Gasteiger partial charge in [-0.2, -0.15) is 0 Å². The van der Waals surface area contributed by atoms with Crippen molar-refractivity contribution in [1.82, 2.24) is 4.90 Å². The molecule has 2 aliphatic carbocycles. The van der Waals surface area contributed by atoms with Crippen LogP contribution in [-0.4, -0.2) is 58.4 Å². The van der Waals surface area contributed by atoms with Crippen LogP contribution in [0.1, 0.15) is 78.2 Å². The monoisotopic (exact) mass is 617 g/mol. The van der Waals surface area contributed by atoms with Crippen LogP contribution in [0.25, 0.3) is 0 Å². The fourth-order valence-electron chi connectivity index (χ4n) is 6.15. The van der Waals surface area contributed by atoms with Crippen molar-refractivity contribution in [2.75, 3.05) is 19.8 Å². The Hall–Kier alpha value is -3.14. The van der Waals surface area contributed by atoms with Gasteiger partial charge < -0.3 is 24.6 Å². The number of halogens is 1. The standard InChI is InChI=1S/C30H36BrNO8/c1-6-39-22-10-16(9-17(31)28(22)40-15-24(37)38)25-26-18(11-29(2,3)13-20(26)33)32(8-7-23(35)36)19-12-30(4,5)14-21(34)27(19)25/h9-10,25H,6-8,11-15H2,1-5H3,(H,35,36)(H,37,38). The van der Waals surface area contributed by atoms with Gasteiger partial charge in [0.05, 0.1) is 17.5 Å². The summed E-state index contributed by atoms with van der Waals surface area (Å²) in [5.41, 5.74) is 2.57. The molecule has 1 aromatic rings. The highest BCUT2D eigenvalue weighted by atomic mass is 79.9. The van der Waals surface area contributed by atoms with Crippen LogP contribution >= 0.6 is 15.9 Å². The van der Waals surface area contributed by atoms with Crippen molar-refractivity contribution in [2.45, 2.75) is 72.6 Å². The smallest absolute Gasteiger partial charge is 0.341 e. The maximum atomic E-state index is 13.9. The maximum Gasteiger partial charge on any atom is 0.341 e. The Balaban J connectivity index is 1.98. The molecule has 0 bridgehead atoms. The number of carboxylic acid groups (broad SMARTS) is 2. The van der Waals surface area contributed by atoms with Gasteiger partial charge in [-0.1, -0.05) is 27.7 Å². The molecule has 9 nitrogen and oxygen atoms in total. The highest BCUT2D eigenvalue weighted by Gasteiger charge is 2.49. The topological polar surface area (TPSA) is 130 Å². The molecule has 3 aliphatic rings. The normalized spacial score (nSPS) is 20.3. The van der Waals surface area contributed by atoms with Crippen molar-refractivity contribution < 1.29 is 38.9 Å². The molecule has 1 heterocycles. The first-order chi connectivity index (χ1) is 18.6. The number of ether oxygens (including phenoxy) is 2. The lowest BCUT2D eigenvalue weighted by Crippen LogP contribution is -2.45. The molecule has 1 aliphatic heterocycles. The Morgan fingerprint density at radius 1 is 0.925 bits per heavy atom. The Morgan fingerprint density at radius 2 is 1.48 bits per heavy atom. The van der Waals surface area contributed by atoms with Crippen LogP contribution in [0.3, 0.4) is 0 Å². The van der Waals surface area contributed by atoms with E-state index in [4.69, 9.17) is 14.6 Å². The van der Waals surface area contributed by atoms with Gasteiger partial charge in [0.2, 0.25) is 0 Å². The van der Waals surface area contributed by atoms with Gasteiger partial charge in [-0.3, -0.25) is 14.4 Å². The quantitative estimate of drug-likeness (QED) is 0.370. The number of hydrogen-bond acceptors (Lipinski definition) is 7. The van der Waals surface area contributed by atoms with Crippen LogP contribution < -0.4 is 9.47 Å². The third-order valence-electron chi connectivity index (χ3n) is 7.58. The second kappa shape index (κ2) is 11.0. The third kappa shape index (κ3) is 5.96. The van der Waals surface area contributed by atoms with E-state index in [2.05, 4.69) is 15.9 Å². The molecular weight excluding hydrogens is 582 g/mol. The van der Waals surface area contributed by atoms with Crippen LogP contribution in [0.15, 0.2) is 39.1 Å². The summed E-state index contributed by atoms with van der Waals surface area (Å²) in [6, 6.07) is 3.48. The lowest BCUT2D eigenvalue weighted by molar-refractivity contribution is -0.139. The lowest BCUT2D eigenvalue weighted by Gasteiger charge is -2.49. The molecule has 0 atom stereocenters. The van der Waals surface area contributed by atoms with E-state index < -0.39 is 24.5 Å². The van der Waals surface area contributed by atoms with Gasteiger partial charge in [0, 0.05) is 47.8 Å². The fraction of sp³-hybridized carbons (Fsp3) is 0.533. The van der Waals surface area contributed by atoms with Crippen molar-refractivity contribution >= 4 is 39.4 Å². The Kier molecular flexibility index (Phi) is 8.23. The van der Waals surface area contributed by atoms with Crippen molar-refractivity contribution in [2.24, 2.45) is 10.8 Å². The lowest BCUT2D eigenvalue weighted by atomic mass is 9.63. The van der Waals surface area contributed by atoms with Gasteiger partial charge in [-0.25, -0.2) is 4.79 Å². The van der Waals surface area contributed by atoms with E-state index in [0.29, 0.717) is 52.6 Å². The number of carboxylic acids is 2. The molecule has 0 aromatic heterocycles. The first-order valence-electron chi connectivity index (χ1n) is 13.5. The summed E-state index contributed by atoms with van der Waals surface area (Å²) in [7, 11) is 0. The number of carbonyl (C=O) groups is 4. The number of carbonyl (C=O) groups excluding carboxylic acids is 2. The van der Waals surface area contributed by atoms with E-state index in [0.717, 1.165) is 11.4 Å². The zero-order valence-electron chi connectivity index (χ0n) is 23.6. The third-order valence-corrected chi connectivity index (χ3v) is 8.17. The predicted octanol–water partition coefficient (Wildman–Crippen LogP) is 5.47. The zero-order chi connectivity index (χ0) is 29.6. The van der Waals surface area contributed by atoms with Crippen LogP contribution in [0.4, 0.5) is 0 Å². The number of hydrogen-bond donors (Lipinski definition) is 2. The second-order valence-corrected chi connectivity index (χ2v) is 13.1. The number of nitrogens with zero attached hydrogens (tertiary/aromatic N) is 1. The summed E-state index contributed by atoms with van der Waals surface area (Å²) in [5, 5.41) is 18.7. The molecule has 0 radical (unpaired) electrons.